The van der Waals surface area contributed by atoms with E-state index in [9.17, 15) is 9.59 Å². The van der Waals surface area contributed by atoms with E-state index in [4.69, 9.17) is 4.74 Å². The summed E-state index contributed by atoms with van der Waals surface area (Å²) in [5, 5.41) is 2.88. The van der Waals surface area contributed by atoms with Crippen molar-refractivity contribution in [3.8, 4) is 0 Å². The van der Waals surface area contributed by atoms with Gasteiger partial charge in [0.1, 0.15) is 0 Å². The molecule has 1 aliphatic rings. The number of allylic oxidation sites excluding steroid dienone is 1. The highest BCUT2D eigenvalue weighted by molar-refractivity contribution is 6.34. The number of anilines is 1. The first-order valence-corrected chi connectivity index (χ1v) is 8.09. The van der Waals surface area contributed by atoms with Gasteiger partial charge in [-0.25, -0.2) is 0 Å². The highest BCUT2D eigenvalue weighted by Crippen LogP contribution is 2.33. The Hall–Kier alpha value is -3.08. The Bertz CT molecular complexity index is 904. The Balaban J connectivity index is 2.04. The number of amides is 1. The number of fused-ring (bicyclic) bond motifs is 1. The van der Waals surface area contributed by atoms with E-state index < -0.39 is 0 Å². The number of rotatable bonds is 4. The Morgan fingerprint density at radius 2 is 2.08 bits per heavy atom. The maximum Gasteiger partial charge on any atom is 0.304 e. The number of aromatic nitrogens is 1. The van der Waals surface area contributed by atoms with E-state index in [0.29, 0.717) is 5.57 Å². The van der Waals surface area contributed by atoms with Crippen molar-refractivity contribution in [2.45, 2.75) is 27.5 Å². The maximum absolute atomic E-state index is 12.3. The number of hydrogen-bond acceptors (Lipinski definition) is 3. The van der Waals surface area contributed by atoms with E-state index in [2.05, 4.69) is 5.32 Å². The van der Waals surface area contributed by atoms with Gasteiger partial charge in [-0.2, -0.15) is 0 Å². The van der Waals surface area contributed by atoms with Crippen LogP contribution in [0.1, 0.15) is 36.2 Å². The highest BCUT2D eigenvalue weighted by Gasteiger charge is 2.24. The number of nitrogens with one attached hydrogen (secondary N) is 1. The average Bonchev–Trinajstić information content (AvgIpc) is 3.05. The smallest absolute Gasteiger partial charge is 0.304 e. The summed E-state index contributed by atoms with van der Waals surface area (Å²) in [4.78, 5) is 23.4. The molecule has 5 heteroatoms. The van der Waals surface area contributed by atoms with Crippen LogP contribution in [0.15, 0.2) is 36.5 Å². The number of para-hydroxylation sites is 1. The normalized spacial score (nSPS) is 14.8. The molecule has 1 aromatic carbocycles. The minimum absolute atomic E-state index is 0.110. The summed E-state index contributed by atoms with van der Waals surface area (Å²) in [7, 11) is 0. The molecule has 128 valence electrons. The summed E-state index contributed by atoms with van der Waals surface area (Å²) in [6.45, 7) is 5.45. The van der Waals surface area contributed by atoms with E-state index in [-0.39, 0.29) is 18.6 Å². The molecule has 0 atom stereocenters. The first kappa shape index (κ1) is 16.8. The van der Waals surface area contributed by atoms with E-state index >= 15 is 0 Å². The Kier molecular flexibility index (Phi) is 4.57. The molecule has 1 aliphatic heterocycles. The van der Waals surface area contributed by atoms with Crippen LogP contribution >= 0.6 is 0 Å². The Morgan fingerprint density at radius 3 is 2.80 bits per heavy atom. The molecule has 0 bridgehead atoms. The Morgan fingerprint density at radius 1 is 1.32 bits per heavy atom. The largest absolute Gasteiger partial charge is 0.444 e. The predicted octanol–water partition coefficient (Wildman–Crippen LogP) is 3.84. The summed E-state index contributed by atoms with van der Waals surface area (Å²) in [5.74, 6) is -0.442. The van der Waals surface area contributed by atoms with Gasteiger partial charge in [-0.3, -0.25) is 9.59 Å². The molecule has 2 aromatic rings. The number of hydrogen-bond donors (Lipinski definition) is 1. The zero-order chi connectivity index (χ0) is 18.0. The molecule has 0 radical (unpaired) electrons. The lowest BCUT2D eigenvalue weighted by Crippen LogP contribution is -2.06. The number of ether oxygens (including phenoxy) is 1. The van der Waals surface area contributed by atoms with Crippen LogP contribution in [0.25, 0.3) is 17.7 Å². The zero-order valence-corrected chi connectivity index (χ0v) is 14.5. The third-order valence-corrected chi connectivity index (χ3v) is 4.16. The van der Waals surface area contributed by atoms with E-state index in [1.165, 1.54) is 6.92 Å². The molecular weight excluding hydrogens is 316 g/mol. The van der Waals surface area contributed by atoms with Gasteiger partial charge in [-0.1, -0.05) is 24.3 Å². The SMILES string of the molecule is C/C=C\c1c(C)c(/C=C2\C(=O)Nc3ccccc32)cn1COC(C)=O. The van der Waals surface area contributed by atoms with Crippen LogP contribution in [0.5, 0.6) is 0 Å². The quantitative estimate of drug-likeness (QED) is 0.681. The molecular formula is C20H20N2O3. The molecule has 0 spiro atoms. The van der Waals surface area contributed by atoms with Gasteiger partial charge in [0.15, 0.2) is 6.73 Å². The second kappa shape index (κ2) is 6.81. The van der Waals surface area contributed by atoms with Crippen molar-refractivity contribution < 1.29 is 14.3 Å². The monoisotopic (exact) mass is 336 g/mol. The fraction of sp³-hybridized carbons (Fsp3) is 0.200. The lowest BCUT2D eigenvalue weighted by molar-refractivity contribution is -0.144. The maximum atomic E-state index is 12.3. The number of carbonyl (C=O) groups excluding carboxylic acids is 2. The highest BCUT2D eigenvalue weighted by atomic mass is 16.5. The van der Waals surface area contributed by atoms with Crippen LogP contribution in [0.3, 0.4) is 0 Å². The minimum Gasteiger partial charge on any atom is -0.444 e. The number of nitrogens with zero attached hydrogens (tertiary/aromatic N) is 1. The summed E-state index contributed by atoms with van der Waals surface area (Å²) >= 11 is 0. The van der Waals surface area contributed by atoms with Gasteiger partial charge in [0.25, 0.3) is 5.91 Å². The standard InChI is InChI=1S/C20H20N2O3/c1-4-7-19-13(2)15(11-22(19)12-25-14(3)23)10-17-16-8-5-6-9-18(16)21-20(17)24/h4-11H,12H2,1-3H3,(H,21,24)/b7-4-,17-10-. The fourth-order valence-corrected chi connectivity index (χ4v) is 2.93. The molecule has 2 heterocycles. The number of esters is 1. The molecule has 0 fully saturated rings. The van der Waals surface area contributed by atoms with Crippen molar-refractivity contribution in [1.29, 1.82) is 0 Å². The Labute approximate surface area is 146 Å². The van der Waals surface area contributed by atoms with Crippen molar-refractivity contribution >= 4 is 35.3 Å². The van der Waals surface area contributed by atoms with Crippen molar-refractivity contribution in [2.24, 2.45) is 0 Å². The van der Waals surface area contributed by atoms with E-state index in [0.717, 1.165) is 28.1 Å². The van der Waals surface area contributed by atoms with Gasteiger partial charge < -0.3 is 14.6 Å². The fourth-order valence-electron chi connectivity index (χ4n) is 2.93. The van der Waals surface area contributed by atoms with Gasteiger partial charge in [-0.05, 0) is 43.2 Å². The van der Waals surface area contributed by atoms with Crippen molar-refractivity contribution in [3.63, 3.8) is 0 Å². The van der Waals surface area contributed by atoms with Crippen molar-refractivity contribution in [2.75, 3.05) is 5.32 Å². The lowest BCUT2D eigenvalue weighted by Gasteiger charge is -2.06. The summed E-state index contributed by atoms with van der Waals surface area (Å²) < 4.78 is 6.98. The van der Waals surface area contributed by atoms with Crippen molar-refractivity contribution in [3.05, 3.63) is 58.9 Å². The molecule has 0 saturated heterocycles. The van der Waals surface area contributed by atoms with Gasteiger partial charge >= 0.3 is 5.97 Å². The molecule has 1 N–H and O–H groups in total. The zero-order valence-electron chi connectivity index (χ0n) is 14.5. The van der Waals surface area contributed by atoms with Crippen LogP contribution in [0, 0.1) is 6.92 Å². The molecule has 1 amide bonds. The molecule has 1 aromatic heterocycles. The molecule has 0 aliphatic carbocycles. The summed E-state index contributed by atoms with van der Waals surface area (Å²) in [6.07, 6.45) is 7.67. The molecule has 0 saturated carbocycles. The van der Waals surface area contributed by atoms with E-state index in [1.807, 2.05) is 67.1 Å². The lowest BCUT2D eigenvalue weighted by atomic mass is 10.0. The first-order chi connectivity index (χ1) is 12.0. The van der Waals surface area contributed by atoms with Gasteiger partial charge in [0.2, 0.25) is 0 Å². The van der Waals surface area contributed by atoms with Gasteiger partial charge in [0.05, 0.1) is 0 Å². The van der Waals surface area contributed by atoms with Crippen molar-refractivity contribution in [1.82, 2.24) is 4.57 Å². The topological polar surface area (TPSA) is 60.3 Å². The third-order valence-electron chi connectivity index (χ3n) is 4.16. The molecule has 5 nitrogen and oxygen atoms in total. The minimum atomic E-state index is -0.332. The van der Waals surface area contributed by atoms with Crippen LogP contribution in [0.2, 0.25) is 0 Å². The average molecular weight is 336 g/mol. The van der Waals surface area contributed by atoms with Crippen LogP contribution < -0.4 is 5.32 Å². The second-order valence-corrected chi connectivity index (χ2v) is 5.89. The van der Waals surface area contributed by atoms with E-state index in [1.54, 1.807) is 0 Å². The molecule has 3 rings (SSSR count). The first-order valence-electron chi connectivity index (χ1n) is 8.09. The molecule has 0 unspecified atom stereocenters. The molecule has 25 heavy (non-hydrogen) atoms. The predicted molar refractivity (Wildman–Crippen MR) is 98.6 cm³/mol. The number of benzene rings is 1. The second-order valence-electron chi connectivity index (χ2n) is 5.89. The number of carbonyl (C=O) groups is 2. The van der Waals surface area contributed by atoms with Gasteiger partial charge in [0, 0.05) is 35.6 Å². The van der Waals surface area contributed by atoms with Gasteiger partial charge in [-0.15, -0.1) is 0 Å². The van der Waals surface area contributed by atoms with Crippen LogP contribution in [-0.2, 0) is 21.1 Å². The summed E-state index contributed by atoms with van der Waals surface area (Å²) in [6, 6.07) is 7.62. The van der Waals surface area contributed by atoms with Crippen LogP contribution in [-0.4, -0.2) is 16.4 Å². The third kappa shape index (κ3) is 3.26. The van der Waals surface area contributed by atoms with Crippen LogP contribution in [0.4, 0.5) is 5.69 Å². The summed E-state index contributed by atoms with van der Waals surface area (Å²) in [5.41, 5.74) is 5.24.